The third kappa shape index (κ3) is 21.2. The van der Waals surface area contributed by atoms with Crippen molar-refractivity contribution in [3.63, 3.8) is 0 Å². The molecule has 8 atom stereocenters. The van der Waals surface area contributed by atoms with Crippen LogP contribution in [-0.4, -0.2) is 158 Å². The minimum Gasteiger partial charge on any atom is -0.508 e. The molecule has 0 radical (unpaired) electrons. The largest absolute Gasteiger partial charge is 0.508 e. The summed E-state index contributed by atoms with van der Waals surface area (Å²) < 4.78 is 0. The van der Waals surface area contributed by atoms with Gasteiger partial charge in [0.2, 0.25) is 41.4 Å². The van der Waals surface area contributed by atoms with Crippen molar-refractivity contribution in [3.05, 3.63) is 59.4 Å². The monoisotopic (exact) mass is 1050 g/mol. The zero-order chi connectivity index (χ0) is 53.5. The number of carbonyl (C=O) groups is 8. The maximum Gasteiger partial charge on any atom is 0.328 e. The number of aliphatic imine (C=N–C) groups is 1. The quantitative estimate of drug-likeness (QED) is 0.0440. The zero-order valence-electron chi connectivity index (χ0n) is 40.8. The molecule has 0 fully saturated rings. The minimum absolute atomic E-state index is 0.00291. The second kappa shape index (κ2) is 30.6. The molecule has 2 heterocycles. The summed E-state index contributed by atoms with van der Waals surface area (Å²) in [4.78, 5) is 118. The van der Waals surface area contributed by atoms with Crippen molar-refractivity contribution in [1.29, 1.82) is 0 Å². The van der Waals surface area contributed by atoms with E-state index in [1.165, 1.54) is 36.0 Å². The number of aliphatic hydroxyl groups is 2. The second-order valence-electron chi connectivity index (χ2n) is 18.0. The summed E-state index contributed by atoms with van der Waals surface area (Å²) in [6, 6.07) is -0.200. The number of thioether (sulfide) groups is 2. The van der Waals surface area contributed by atoms with Crippen molar-refractivity contribution < 1.29 is 58.8 Å². The van der Waals surface area contributed by atoms with Crippen LogP contribution in [0.15, 0.2) is 47.5 Å². The fourth-order valence-electron chi connectivity index (χ4n) is 7.04. The van der Waals surface area contributed by atoms with E-state index in [1.54, 1.807) is 32.0 Å². The van der Waals surface area contributed by atoms with Crippen LogP contribution in [0.2, 0.25) is 0 Å². The van der Waals surface area contributed by atoms with Gasteiger partial charge < -0.3 is 74.8 Å². The number of rotatable bonds is 17. The van der Waals surface area contributed by atoms with Gasteiger partial charge in [0.1, 0.15) is 48.0 Å². The highest BCUT2D eigenvalue weighted by Crippen LogP contribution is 2.18. The van der Waals surface area contributed by atoms with Gasteiger partial charge in [-0.3, -0.25) is 43.5 Å². The first kappa shape index (κ1) is 60.1. The van der Waals surface area contributed by atoms with E-state index in [0.717, 1.165) is 11.8 Å². The number of aromatic nitrogens is 1. The standard InChI is InChI=1S/C46H70N12O12S2/c1-24(2)15-31-39(63)54-33(17-26-10-12-29(61)13-11-26)41(65)52-32(16-25(3)4)40(64)55-34(18-59)42(66)58-37(44(68)56-35(19-60)45(69)70)23-72-21-28-8-5-7-27(51-28)20-71-22-36(43(67)53-31)57-38(62)30(47)9-6-14-50-46(48)49/h5,7-8,10-13,24-25,30-37,59-61H,6,9,14-23,47H2,1-4H3,(H,52,65)(H,53,67)(H,54,63)(H,55,64)(H,56,68)(H,57,62)(H,58,66)(H,69,70)(H4,48,49,50)/t30-,31-,32-,33-,34-,35-,36-,37-/m0/s1. The lowest BCUT2D eigenvalue weighted by Crippen LogP contribution is -2.61. The lowest BCUT2D eigenvalue weighted by molar-refractivity contribution is -0.143. The molecule has 1 aromatic carbocycles. The van der Waals surface area contributed by atoms with E-state index in [2.05, 4.69) is 47.2 Å². The molecule has 0 unspecified atom stereocenters. The number of aliphatic hydroxyl groups excluding tert-OH is 2. The molecule has 17 N–H and O–H groups in total. The van der Waals surface area contributed by atoms with E-state index in [-0.39, 0.29) is 78.8 Å². The Balaban J connectivity index is 2.11. The molecular weight excluding hydrogens is 977 g/mol. The maximum absolute atomic E-state index is 14.4. The average molecular weight is 1050 g/mol. The van der Waals surface area contributed by atoms with Gasteiger partial charge in [-0.1, -0.05) is 45.9 Å². The highest BCUT2D eigenvalue weighted by Gasteiger charge is 2.35. The normalized spacial score (nSPS) is 22.0. The molecule has 0 spiro atoms. The van der Waals surface area contributed by atoms with Crippen molar-refractivity contribution in [2.24, 2.45) is 34.0 Å². The van der Waals surface area contributed by atoms with Gasteiger partial charge >= 0.3 is 5.97 Å². The molecule has 72 heavy (non-hydrogen) atoms. The van der Waals surface area contributed by atoms with Gasteiger partial charge in [-0.05, 0) is 67.3 Å². The molecule has 26 heteroatoms. The predicted molar refractivity (Wildman–Crippen MR) is 270 cm³/mol. The molecule has 24 nitrogen and oxygen atoms in total. The number of aliphatic carboxylic acids is 1. The van der Waals surface area contributed by atoms with E-state index in [9.17, 15) is 58.8 Å². The predicted octanol–water partition coefficient (Wildman–Crippen LogP) is -2.55. The number of amides is 7. The molecule has 0 saturated heterocycles. The smallest absolute Gasteiger partial charge is 0.328 e. The van der Waals surface area contributed by atoms with Gasteiger partial charge in [0.25, 0.3) is 0 Å². The highest BCUT2D eigenvalue weighted by atomic mass is 32.2. The molecule has 398 valence electrons. The highest BCUT2D eigenvalue weighted by molar-refractivity contribution is 7.98. The number of hydrogen-bond donors (Lipinski definition) is 14. The Kier molecular flexibility index (Phi) is 25.5. The number of phenolic OH excluding ortho intramolecular Hbond substituents is 1. The van der Waals surface area contributed by atoms with E-state index in [1.807, 2.05) is 13.8 Å². The number of pyridine rings is 1. The molecule has 3 rings (SSSR count). The van der Waals surface area contributed by atoms with Crippen molar-refractivity contribution >= 4 is 76.8 Å². The molecular formula is C46H70N12O12S2. The van der Waals surface area contributed by atoms with E-state index < -0.39 is 109 Å². The fourth-order valence-corrected chi connectivity index (χ4v) is 8.96. The molecule has 1 aliphatic heterocycles. The number of nitrogens with zero attached hydrogens (tertiary/aromatic N) is 2. The number of carboxylic acid groups (broad SMARTS) is 1. The third-order valence-electron chi connectivity index (χ3n) is 10.8. The molecule has 2 bridgehead atoms. The lowest BCUT2D eigenvalue weighted by Gasteiger charge is -2.28. The summed E-state index contributed by atoms with van der Waals surface area (Å²) in [5, 5.41) is 57.4. The van der Waals surface area contributed by atoms with Gasteiger partial charge in [0.05, 0.1) is 30.6 Å². The third-order valence-corrected chi connectivity index (χ3v) is 12.9. The number of fused-ring (bicyclic) bond motifs is 2. The molecule has 7 amide bonds. The number of benzene rings is 1. The van der Waals surface area contributed by atoms with Crippen LogP contribution in [-0.2, 0) is 56.3 Å². The van der Waals surface area contributed by atoms with Gasteiger partial charge in [-0.2, -0.15) is 23.5 Å². The Morgan fingerprint density at radius 2 is 1.29 bits per heavy atom. The lowest BCUT2D eigenvalue weighted by atomic mass is 9.99. The second-order valence-corrected chi connectivity index (χ2v) is 20.0. The average Bonchev–Trinajstić information content (AvgIpc) is 3.32. The van der Waals surface area contributed by atoms with Crippen LogP contribution in [0.25, 0.3) is 0 Å². The van der Waals surface area contributed by atoms with Crippen molar-refractivity contribution in [3.8, 4) is 5.75 Å². The Hall–Kier alpha value is -6.22. The topological polar surface area (TPSA) is 405 Å². The van der Waals surface area contributed by atoms with Crippen LogP contribution in [0.4, 0.5) is 0 Å². The Bertz CT molecular complexity index is 2180. The number of nitrogens with one attached hydrogen (secondary N) is 7. The maximum atomic E-state index is 14.4. The first-order chi connectivity index (χ1) is 34.1. The summed E-state index contributed by atoms with van der Waals surface area (Å²) in [5.41, 5.74) is 18.6. The SMILES string of the molecule is CC(C)C[C@@H]1NC(=O)[C@H](Cc2ccc(O)cc2)NC(=O)[C@H](CC(C)C)NC(=O)[C@@H](NC(=O)[C@@H](N)CCCN=C(N)N)CSCc2cccc(n2)CSC[C@@H](C(=O)N[C@@H](CO)C(=O)O)NC(=O)[C@H](CO)NC1=O. The van der Waals surface area contributed by atoms with Crippen LogP contribution in [0, 0.1) is 11.8 Å². The summed E-state index contributed by atoms with van der Waals surface area (Å²) in [7, 11) is 0. The van der Waals surface area contributed by atoms with E-state index in [4.69, 9.17) is 17.2 Å². The van der Waals surface area contributed by atoms with E-state index >= 15 is 0 Å². The van der Waals surface area contributed by atoms with Crippen LogP contribution in [0.5, 0.6) is 5.75 Å². The van der Waals surface area contributed by atoms with Crippen molar-refractivity contribution in [2.75, 3.05) is 31.3 Å². The molecule has 0 aliphatic carbocycles. The Labute approximate surface area is 426 Å². The number of hydrogen-bond acceptors (Lipinski definition) is 16. The summed E-state index contributed by atoms with van der Waals surface area (Å²) in [5.74, 6) is -7.87. The fraction of sp³-hybridized carbons (Fsp3) is 0.565. The number of nitrogens with two attached hydrogens (primary N) is 3. The van der Waals surface area contributed by atoms with Gasteiger partial charge in [0, 0.05) is 36.0 Å². The Morgan fingerprint density at radius 1 is 0.764 bits per heavy atom. The molecule has 2 aromatic rings. The zero-order valence-corrected chi connectivity index (χ0v) is 42.4. The first-order valence-corrected chi connectivity index (χ1v) is 25.7. The summed E-state index contributed by atoms with van der Waals surface area (Å²) in [6.07, 6.45) is 0.460. The Morgan fingerprint density at radius 3 is 1.83 bits per heavy atom. The summed E-state index contributed by atoms with van der Waals surface area (Å²) >= 11 is 2.37. The number of phenols is 1. The van der Waals surface area contributed by atoms with Crippen LogP contribution in [0.3, 0.4) is 0 Å². The van der Waals surface area contributed by atoms with Gasteiger partial charge in [-0.15, -0.1) is 0 Å². The van der Waals surface area contributed by atoms with Crippen molar-refractivity contribution in [2.45, 2.75) is 120 Å². The number of aromatic hydroxyl groups is 1. The number of guanidine groups is 1. The van der Waals surface area contributed by atoms with Gasteiger partial charge in [-0.25, -0.2) is 4.79 Å². The van der Waals surface area contributed by atoms with Crippen LogP contribution in [0.1, 0.15) is 70.3 Å². The van der Waals surface area contributed by atoms with Crippen LogP contribution >= 0.6 is 23.5 Å². The minimum atomic E-state index is -1.72. The van der Waals surface area contributed by atoms with E-state index in [0.29, 0.717) is 23.4 Å². The number of carboxylic acids is 1. The summed E-state index contributed by atoms with van der Waals surface area (Å²) in [6.45, 7) is 5.45. The van der Waals surface area contributed by atoms with Gasteiger partial charge in [0.15, 0.2) is 5.96 Å². The number of carbonyl (C=O) groups excluding carboxylic acids is 7. The molecule has 1 aliphatic rings. The molecule has 0 saturated carbocycles. The van der Waals surface area contributed by atoms with Crippen molar-refractivity contribution in [1.82, 2.24) is 42.2 Å². The first-order valence-electron chi connectivity index (χ1n) is 23.4. The molecule has 1 aromatic heterocycles. The van der Waals surface area contributed by atoms with Crippen LogP contribution < -0.4 is 54.4 Å².